The van der Waals surface area contributed by atoms with Crippen LogP contribution in [0.3, 0.4) is 0 Å². The van der Waals surface area contributed by atoms with E-state index in [9.17, 15) is 21.6 Å². The van der Waals surface area contributed by atoms with Gasteiger partial charge in [0, 0.05) is 12.6 Å². The third-order valence-corrected chi connectivity index (χ3v) is 5.92. The molecule has 144 valence electrons. The molecule has 9 heteroatoms. The lowest BCUT2D eigenvalue weighted by molar-refractivity contribution is -0.127. The molecule has 0 aromatic heterocycles. The Morgan fingerprint density at radius 2 is 1.68 bits per heavy atom. The SMILES string of the molecule is Cl.NCC(NS(=O)(=O)c1ccc(CC(F)(F)F)cc1)C1CCCCC1. The molecule has 0 bridgehead atoms. The van der Waals surface area contributed by atoms with Crippen LogP contribution in [0.4, 0.5) is 13.2 Å². The molecule has 1 aliphatic carbocycles. The van der Waals surface area contributed by atoms with E-state index in [0.29, 0.717) is 0 Å². The summed E-state index contributed by atoms with van der Waals surface area (Å²) in [6.45, 7) is 0.204. The first kappa shape index (κ1) is 22.2. The fraction of sp³-hybridized carbons (Fsp3) is 0.625. The Balaban J connectivity index is 0.00000312. The van der Waals surface area contributed by atoms with Crippen molar-refractivity contribution in [2.45, 2.75) is 55.6 Å². The van der Waals surface area contributed by atoms with Gasteiger partial charge in [-0.15, -0.1) is 12.4 Å². The first-order valence-electron chi connectivity index (χ1n) is 8.09. The molecule has 1 atom stereocenters. The highest BCUT2D eigenvalue weighted by Crippen LogP contribution is 2.27. The van der Waals surface area contributed by atoms with Gasteiger partial charge in [-0.3, -0.25) is 0 Å². The first-order valence-corrected chi connectivity index (χ1v) is 9.58. The Hall–Kier alpha value is -0.830. The summed E-state index contributed by atoms with van der Waals surface area (Å²) in [5.74, 6) is 0.211. The lowest BCUT2D eigenvalue weighted by atomic mass is 9.84. The molecule has 25 heavy (non-hydrogen) atoms. The Bertz CT molecular complexity index is 630. The zero-order valence-electron chi connectivity index (χ0n) is 13.8. The highest BCUT2D eigenvalue weighted by molar-refractivity contribution is 7.89. The molecule has 0 saturated heterocycles. The average molecular weight is 401 g/mol. The van der Waals surface area contributed by atoms with Crippen molar-refractivity contribution < 1.29 is 21.6 Å². The number of alkyl halides is 3. The van der Waals surface area contributed by atoms with Crippen molar-refractivity contribution in [2.24, 2.45) is 11.7 Å². The summed E-state index contributed by atoms with van der Waals surface area (Å²) in [5, 5.41) is 0. The van der Waals surface area contributed by atoms with Crippen molar-refractivity contribution in [3.8, 4) is 0 Å². The van der Waals surface area contributed by atoms with Gasteiger partial charge in [0.15, 0.2) is 0 Å². The second-order valence-corrected chi connectivity index (χ2v) is 8.01. The molecule has 3 N–H and O–H groups in total. The van der Waals surface area contributed by atoms with E-state index in [4.69, 9.17) is 5.73 Å². The van der Waals surface area contributed by atoms with Crippen LogP contribution in [-0.2, 0) is 16.4 Å². The Labute approximate surface area is 152 Å². The highest BCUT2D eigenvalue weighted by atomic mass is 35.5. The molecule has 0 radical (unpaired) electrons. The van der Waals surface area contributed by atoms with Gasteiger partial charge in [0.05, 0.1) is 11.3 Å². The molecule has 0 amide bonds. The molecular formula is C16H24ClF3N2O2S. The molecule has 0 heterocycles. The molecule has 1 aromatic carbocycles. The van der Waals surface area contributed by atoms with Crippen molar-refractivity contribution in [2.75, 3.05) is 6.54 Å². The molecule has 4 nitrogen and oxygen atoms in total. The predicted molar refractivity (Wildman–Crippen MR) is 93.2 cm³/mol. The van der Waals surface area contributed by atoms with E-state index in [0.717, 1.165) is 32.1 Å². The van der Waals surface area contributed by atoms with Crippen LogP contribution < -0.4 is 10.5 Å². The fourth-order valence-electron chi connectivity index (χ4n) is 3.16. The largest absolute Gasteiger partial charge is 0.393 e. The van der Waals surface area contributed by atoms with E-state index in [1.165, 1.54) is 24.3 Å². The van der Waals surface area contributed by atoms with Crippen LogP contribution in [-0.4, -0.2) is 27.2 Å². The van der Waals surface area contributed by atoms with Gasteiger partial charge in [-0.05, 0) is 36.5 Å². The van der Waals surface area contributed by atoms with E-state index in [2.05, 4.69) is 4.72 Å². The summed E-state index contributed by atoms with van der Waals surface area (Å²) in [6, 6.07) is 4.46. The number of sulfonamides is 1. The lowest BCUT2D eigenvalue weighted by Gasteiger charge is -2.29. The Morgan fingerprint density at radius 3 is 2.16 bits per heavy atom. The molecule has 1 aromatic rings. The second-order valence-electron chi connectivity index (χ2n) is 6.30. The first-order chi connectivity index (χ1) is 11.2. The van der Waals surface area contributed by atoms with Crippen LogP contribution in [0.1, 0.15) is 37.7 Å². The van der Waals surface area contributed by atoms with Gasteiger partial charge in [-0.25, -0.2) is 13.1 Å². The normalized spacial score (nSPS) is 17.8. The van der Waals surface area contributed by atoms with Crippen LogP contribution in [0.25, 0.3) is 0 Å². The predicted octanol–water partition coefficient (Wildman–Crippen LogP) is 3.40. The number of halogens is 4. The third kappa shape index (κ3) is 6.77. The molecule has 2 rings (SSSR count). The smallest absolute Gasteiger partial charge is 0.329 e. The maximum atomic E-state index is 12.5. The van der Waals surface area contributed by atoms with Gasteiger partial charge in [-0.1, -0.05) is 31.4 Å². The zero-order chi connectivity index (χ0) is 17.8. The summed E-state index contributed by atoms with van der Waals surface area (Å²) in [5.41, 5.74) is 5.76. The summed E-state index contributed by atoms with van der Waals surface area (Å²) >= 11 is 0. The Morgan fingerprint density at radius 1 is 1.12 bits per heavy atom. The quantitative estimate of drug-likeness (QED) is 0.768. The van der Waals surface area contributed by atoms with Crippen molar-refractivity contribution in [1.29, 1.82) is 0 Å². The average Bonchev–Trinajstić information content (AvgIpc) is 2.52. The molecule has 0 spiro atoms. The fourth-order valence-corrected chi connectivity index (χ4v) is 4.48. The van der Waals surface area contributed by atoms with Gasteiger partial charge in [0.25, 0.3) is 0 Å². The minimum absolute atomic E-state index is 0. The highest BCUT2D eigenvalue weighted by Gasteiger charge is 2.29. The zero-order valence-corrected chi connectivity index (χ0v) is 15.4. The third-order valence-electron chi connectivity index (χ3n) is 4.42. The molecule has 1 saturated carbocycles. The van der Waals surface area contributed by atoms with Gasteiger partial charge in [0.2, 0.25) is 10.0 Å². The van der Waals surface area contributed by atoms with Gasteiger partial charge in [-0.2, -0.15) is 13.2 Å². The summed E-state index contributed by atoms with van der Waals surface area (Å²) in [7, 11) is -3.79. The Kier molecular flexibility index (Phi) is 8.18. The van der Waals surface area contributed by atoms with Crippen LogP contribution in [0, 0.1) is 5.92 Å². The van der Waals surface area contributed by atoms with E-state index in [1.54, 1.807) is 0 Å². The van der Waals surface area contributed by atoms with Gasteiger partial charge < -0.3 is 5.73 Å². The molecule has 1 fully saturated rings. The second kappa shape index (κ2) is 9.21. The number of benzene rings is 1. The van der Waals surface area contributed by atoms with Crippen LogP contribution in [0.15, 0.2) is 29.2 Å². The van der Waals surface area contributed by atoms with Crippen molar-refractivity contribution in [3.05, 3.63) is 29.8 Å². The number of rotatable bonds is 6. The van der Waals surface area contributed by atoms with Crippen molar-refractivity contribution in [1.82, 2.24) is 4.72 Å². The molecule has 0 aliphatic heterocycles. The maximum Gasteiger partial charge on any atom is 0.393 e. The number of hydrogen-bond donors (Lipinski definition) is 2. The number of nitrogens with two attached hydrogens (primary N) is 1. The van der Waals surface area contributed by atoms with E-state index < -0.39 is 22.6 Å². The summed E-state index contributed by atoms with van der Waals surface area (Å²) in [6.07, 6.45) is -0.229. The lowest BCUT2D eigenvalue weighted by Crippen LogP contribution is -2.45. The standard InChI is InChI=1S/C16H23F3N2O2S.ClH/c17-16(18,19)10-12-6-8-14(9-7-12)24(22,23)21-15(11-20)13-4-2-1-3-5-13;/h6-9,13,15,21H,1-5,10-11,20H2;1H. The maximum absolute atomic E-state index is 12.5. The summed E-state index contributed by atoms with van der Waals surface area (Å²) < 4.78 is 64.6. The van der Waals surface area contributed by atoms with E-state index in [1.807, 2.05) is 0 Å². The minimum atomic E-state index is -4.32. The van der Waals surface area contributed by atoms with Crippen molar-refractivity contribution in [3.63, 3.8) is 0 Å². The van der Waals surface area contributed by atoms with E-state index in [-0.39, 0.29) is 41.4 Å². The van der Waals surface area contributed by atoms with Crippen LogP contribution >= 0.6 is 12.4 Å². The van der Waals surface area contributed by atoms with Gasteiger partial charge >= 0.3 is 6.18 Å². The number of nitrogens with one attached hydrogen (secondary N) is 1. The molecular weight excluding hydrogens is 377 g/mol. The van der Waals surface area contributed by atoms with Crippen molar-refractivity contribution >= 4 is 22.4 Å². The number of hydrogen-bond acceptors (Lipinski definition) is 3. The monoisotopic (exact) mass is 400 g/mol. The summed E-state index contributed by atoms with van der Waals surface area (Å²) in [4.78, 5) is -0.0392. The topological polar surface area (TPSA) is 72.2 Å². The van der Waals surface area contributed by atoms with E-state index >= 15 is 0 Å². The van der Waals surface area contributed by atoms with Gasteiger partial charge in [0.1, 0.15) is 0 Å². The minimum Gasteiger partial charge on any atom is -0.329 e. The molecule has 1 aliphatic rings. The van der Waals surface area contributed by atoms with Crippen LogP contribution in [0.5, 0.6) is 0 Å². The van der Waals surface area contributed by atoms with Crippen LogP contribution in [0.2, 0.25) is 0 Å². The molecule has 1 unspecified atom stereocenters.